The van der Waals surface area contributed by atoms with Crippen molar-refractivity contribution >= 4 is 18.0 Å². The zero-order valence-electron chi connectivity index (χ0n) is 19.4. The molecule has 0 saturated carbocycles. The standard InChI is InChI=1S/C26H28F2N2O5/c1-2-7-16(12-23(31)30-15-26(27,28)13-22(30)24(32)33)29-25(34)35-14-21-19-10-5-3-8-17(19)18-9-4-6-11-20(18)21/h3-6,8-11,16,21-22H,2,7,12-15H2,1H3,(H,29,34)(H,32,33)/t16-,22+/m1/s1. The van der Waals surface area contributed by atoms with Crippen molar-refractivity contribution in [1.82, 2.24) is 10.2 Å². The zero-order valence-corrected chi connectivity index (χ0v) is 19.4. The van der Waals surface area contributed by atoms with Gasteiger partial charge >= 0.3 is 12.1 Å². The lowest BCUT2D eigenvalue weighted by molar-refractivity contribution is -0.148. The van der Waals surface area contributed by atoms with Crippen LogP contribution in [0, 0.1) is 0 Å². The molecule has 2 aromatic carbocycles. The van der Waals surface area contributed by atoms with E-state index in [0.29, 0.717) is 17.7 Å². The number of amides is 2. The Bertz CT molecular complexity index is 1080. The average Bonchev–Trinajstić information content (AvgIpc) is 3.32. The molecule has 2 aromatic rings. The summed E-state index contributed by atoms with van der Waals surface area (Å²) >= 11 is 0. The van der Waals surface area contributed by atoms with Gasteiger partial charge in [-0.25, -0.2) is 18.4 Å². The third kappa shape index (κ3) is 5.28. The first kappa shape index (κ1) is 24.6. The van der Waals surface area contributed by atoms with Gasteiger partial charge < -0.3 is 20.1 Å². The van der Waals surface area contributed by atoms with E-state index in [-0.39, 0.29) is 18.9 Å². The fourth-order valence-corrected chi connectivity index (χ4v) is 5.01. The van der Waals surface area contributed by atoms with Crippen LogP contribution in [0.3, 0.4) is 0 Å². The number of nitrogens with zero attached hydrogens (tertiary/aromatic N) is 1. The largest absolute Gasteiger partial charge is 0.480 e. The minimum absolute atomic E-state index is 0.103. The molecule has 2 aliphatic rings. The number of carbonyl (C=O) groups excluding carboxylic acids is 2. The quantitative estimate of drug-likeness (QED) is 0.577. The predicted molar refractivity (Wildman–Crippen MR) is 124 cm³/mol. The Kier molecular flexibility index (Phi) is 7.05. The second-order valence-electron chi connectivity index (χ2n) is 9.10. The number of hydrogen-bond donors (Lipinski definition) is 2. The normalized spacial score (nSPS) is 19.1. The van der Waals surface area contributed by atoms with Gasteiger partial charge in [0, 0.05) is 24.8 Å². The Morgan fingerprint density at radius 3 is 2.29 bits per heavy atom. The van der Waals surface area contributed by atoms with Gasteiger partial charge in [0.2, 0.25) is 5.91 Å². The molecule has 0 unspecified atom stereocenters. The zero-order chi connectivity index (χ0) is 25.2. The van der Waals surface area contributed by atoms with Crippen LogP contribution in [0.4, 0.5) is 13.6 Å². The van der Waals surface area contributed by atoms with E-state index in [1.54, 1.807) is 0 Å². The molecular weight excluding hydrogens is 458 g/mol. The lowest BCUT2D eigenvalue weighted by Gasteiger charge is -2.24. The van der Waals surface area contributed by atoms with Crippen LogP contribution in [0.1, 0.15) is 49.7 Å². The number of carboxylic acid groups (broad SMARTS) is 1. The molecule has 2 amide bonds. The van der Waals surface area contributed by atoms with Gasteiger partial charge in [0.1, 0.15) is 12.6 Å². The molecule has 1 saturated heterocycles. The van der Waals surface area contributed by atoms with E-state index in [1.807, 2.05) is 55.5 Å². The molecule has 1 fully saturated rings. The van der Waals surface area contributed by atoms with E-state index in [9.17, 15) is 28.3 Å². The molecule has 35 heavy (non-hydrogen) atoms. The number of alkyl halides is 2. The molecule has 9 heteroatoms. The Morgan fingerprint density at radius 2 is 1.71 bits per heavy atom. The van der Waals surface area contributed by atoms with Crippen LogP contribution < -0.4 is 5.32 Å². The van der Waals surface area contributed by atoms with Crippen molar-refractivity contribution < 1.29 is 33.0 Å². The van der Waals surface area contributed by atoms with Gasteiger partial charge in [-0.05, 0) is 28.7 Å². The number of ether oxygens (including phenoxy) is 1. The number of hydrogen-bond acceptors (Lipinski definition) is 4. The van der Waals surface area contributed by atoms with Crippen LogP contribution in [0.15, 0.2) is 48.5 Å². The minimum Gasteiger partial charge on any atom is -0.480 e. The summed E-state index contributed by atoms with van der Waals surface area (Å²) in [6, 6.07) is 13.6. The topological polar surface area (TPSA) is 95.9 Å². The van der Waals surface area contributed by atoms with Crippen molar-refractivity contribution in [2.45, 2.75) is 56.5 Å². The number of carboxylic acids is 1. The number of carbonyl (C=O) groups is 3. The molecule has 4 rings (SSSR count). The Hall–Kier alpha value is -3.49. The van der Waals surface area contributed by atoms with E-state index < -0.39 is 48.9 Å². The SMILES string of the molecule is CCC[C@H](CC(=O)N1CC(F)(F)C[C@H]1C(=O)O)NC(=O)OCC1c2ccccc2-c2ccccc21. The summed E-state index contributed by atoms with van der Waals surface area (Å²) in [4.78, 5) is 37.4. The summed E-state index contributed by atoms with van der Waals surface area (Å²) in [6.45, 7) is 1.03. The van der Waals surface area contributed by atoms with Crippen LogP contribution in [0.2, 0.25) is 0 Å². The fourth-order valence-electron chi connectivity index (χ4n) is 5.01. The van der Waals surface area contributed by atoms with E-state index in [1.165, 1.54) is 0 Å². The van der Waals surface area contributed by atoms with Crippen molar-refractivity contribution in [3.8, 4) is 11.1 Å². The Morgan fingerprint density at radius 1 is 1.11 bits per heavy atom. The molecule has 1 aliphatic carbocycles. The van der Waals surface area contributed by atoms with Crippen molar-refractivity contribution in [3.63, 3.8) is 0 Å². The van der Waals surface area contributed by atoms with E-state index >= 15 is 0 Å². The molecule has 186 valence electrons. The van der Waals surface area contributed by atoms with E-state index in [0.717, 1.165) is 22.3 Å². The number of aliphatic carboxylic acids is 1. The van der Waals surface area contributed by atoms with Crippen LogP contribution in [0.5, 0.6) is 0 Å². The molecule has 1 heterocycles. The van der Waals surface area contributed by atoms with Crippen molar-refractivity contribution in [3.05, 3.63) is 59.7 Å². The number of likely N-dealkylation sites (tertiary alicyclic amines) is 1. The molecule has 0 bridgehead atoms. The van der Waals surface area contributed by atoms with Gasteiger partial charge in [0.15, 0.2) is 0 Å². The van der Waals surface area contributed by atoms with Gasteiger partial charge in [-0.1, -0.05) is 61.9 Å². The van der Waals surface area contributed by atoms with E-state index in [4.69, 9.17) is 4.74 Å². The van der Waals surface area contributed by atoms with Gasteiger partial charge in [-0.2, -0.15) is 0 Å². The van der Waals surface area contributed by atoms with E-state index in [2.05, 4.69) is 5.32 Å². The highest BCUT2D eigenvalue weighted by molar-refractivity contribution is 5.85. The summed E-state index contributed by atoms with van der Waals surface area (Å²) in [5, 5.41) is 11.9. The minimum atomic E-state index is -3.25. The number of alkyl carbamates (subject to hydrolysis) is 1. The Balaban J connectivity index is 1.38. The summed E-state index contributed by atoms with van der Waals surface area (Å²) < 4.78 is 33.1. The number of rotatable bonds is 8. The molecule has 2 N–H and O–H groups in total. The van der Waals surface area contributed by atoms with Gasteiger partial charge in [0.25, 0.3) is 5.92 Å². The first-order valence-corrected chi connectivity index (χ1v) is 11.7. The summed E-state index contributed by atoms with van der Waals surface area (Å²) in [7, 11) is 0. The van der Waals surface area contributed by atoms with Crippen molar-refractivity contribution in [2.24, 2.45) is 0 Å². The summed E-state index contributed by atoms with van der Waals surface area (Å²) in [5.41, 5.74) is 4.33. The second-order valence-corrected chi connectivity index (χ2v) is 9.10. The molecule has 0 spiro atoms. The first-order chi connectivity index (χ1) is 16.7. The first-order valence-electron chi connectivity index (χ1n) is 11.7. The maximum absolute atomic E-state index is 13.8. The second kappa shape index (κ2) is 10.0. The molecule has 0 radical (unpaired) electrons. The molecule has 7 nitrogen and oxygen atoms in total. The smallest absolute Gasteiger partial charge is 0.407 e. The molecule has 1 aliphatic heterocycles. The summed E-state index contributed by atoms with van der Waals surface area (Å²) in [5.74, 6) is -5.57. The van der Waals surface area contributed by atoms with Gasteiger partial charge in [0.05, 0.1) is 6.54 Å². The predicted octanol–water partition coefficient (Wildman–Crippen LogP) is 4.40. The lowest BCUT2D eigenvalue weighted by Crippen LogP contribution is -2.45. The highest BCUT2D eigenvalue weighted by atomic mass is 19.3. The highest BCUT2D eigenvalue weighted by Crippen LogP contribution is 2.44. The highest BCUT2D eigenvalue weighted by Gasteiger charge is 2.50. The molecular formula is C26H28F2N2O5. The van der Waals surface area contributed by atoms with Crippen molar-refractivity contribution in [2.75, 3.05) is 13.2 Å². The molecule has 0 aromatic heterocycles. The third-order valence-electron chi connectivity index (χ3n) is 6.60. The number of fused-ring (bicyclic) bond motifs is 3. The maximum atomic E-state index is 13.8. The molecule has 2 atom stereocenters. The van der Waals surface area contributed by atoms with Crippen molar-refractivity contribution in [1.29, 1.82) is 0 Å². The fraction of sp³-hybridized carbons (Fsp3) is 0.423. The van der Waals surface area contributed by atoms with Crippen LogP contribution in [-0.2, 0) is 14.3 Å². The average molecular weight is 487 g/mol. The number of benzene rings is 2. The maximum Gasteiger partial charge on any atom is 0.407 e. The number of halogens is 2. The van der Waals surface area contributed by atoms with Crippen LogP contribution in [0.25, 0.3) is 11.1 Å². The number of nitrogens with one attached hydrogen (secondary N) is 1. The van der Waals surface area contributed by atoms with Gasteiger partial charge in [-0.3, -0.25) is 4.79 Å². The summed E-state index contributed by atoms with van der Waals surface area (Å²) in [6.07, 6.45) is -0.859. The Labute approximate surface area is 202 Å². The monoisotopic (exact) mass is 486 g/mol. The third-order valence-corrected chi connectivity index (χ3v) is 6.60. The lowest BCUT2D eigenvalue weighted by atomic mass is 9.98. The van der Waals surface area contributed by atoms with Crippen LogP contribution in [-0.4, -0.2) is 59.1 Å². The van der Waals surface area contributed by atoms with Gasteiger partial charge in [-0.15, -0.1) is 0 Å². The van der Waals surface area contributed by atoms with Crippen LogP contribution >= 0.6 is 0 Å².